The highest BCUT2D eigenvalue weighted by atomic mass is 16.5. The lowest BCUT2D eigenvalue weighted by atomic mass is 9.84. The van der Waals surface area contributed by atoms with Crippen molar-refractivity contribution in [3.05, 3.63) is 0 Å². The minimum Gasteiger partial charge on any atom is -0.396 e. The standard InChI is InChI=1S/C10H20O2/c1-8-4-5-12-9(8)6-10(2,3)7-11/h8-9,11H,4-7H2,1-3H3. The van der Waals surface area contributed by atoms with Gasteiger partial charge in [0.15, 0.2) is 0 Å². The Balaban J connectivity index is 2.39. The summed E-state index contributed by atoms with van der Waals surface area (Å²) < 4.78 is 5.59. The molecule has 1 N–H and O–H groups in total. The maximum absolute atomic E-state index is 9.09. The summed E-state index contributed by atoms with van der Waals surface area (Å²) in [7, 11) is 0. The minimum absolute atomic E-state index is 0.0171. The van der Waals surface area contributed by atoms with E-state index in [0.29, 0.717) is 12.0 Å². The average Bonchev–Trinajstić information content (AvgIpc) is 2.36. The molecule has 0 amide bonds. The van der Waals surface area contributed by atoms with Gasteiger partial charge in [0.25, 0.3) is 0 Å². The predicted octanol–water partition coefficient (Wildman–Crippen LogP) is 1.82. The SMILES string of the molecule is CC1CCOC1CC(C)(C)CO. The van der Waals surface area contributed by atoms with E-state index in [1.807, 2.05) is 0 Å². The first-order chi connectivity index (χ1) is 5.55. The minimum atomic E-state index is 0.0171. The predicted molar refractivity (Wildman–Crippen MR) is 49.0 cm³/mol. The zero-order valence-electron chi connectivity index (χ0n) is 8.34. The molecule has 2 unspecified atom stereocenters. The highest BCUT2D eigenvalue weighted by Crippen LogP contribution is 2.31. The molecule has 2 nitrogen and oxygen atoms in total. The topological polar surface area (TPSA) is 29.5 Å². The molecule has 0 aromatic rings. The molecule has 2 atom stereocenters. The Morgan fingerprint density at radius 2 is 2.17 bits per heavy atom. The van der Waals surface area contributed by atoms with Crippen LogP contribution in [-0.2, 0) is 4.74 Å². The van der Waals surface area contributed by atoms with Gasteiger partial charge in [0.05, 0.1) is 6.10 Å². The Labute approximate surface area is 74.9 Å². The van der Waals surface area contributed by atoms with E-state index < -0.39 is 0 Å². The lowest BCUT2D eigenvalue weighted by Gasteiger charge is -2.26. The second kappa shape index (κ2) is 3.75. The van der Waals surface area contributed by atoms with Gasteiger partial charge in [-0.25, -0.2) is 0 Å². The molecular formula is C10H20O2. The van der Waals surface area contributed by atoms with Crippen LogP contribution in [0.25, 0.3) is 0 Å². The Morgan fingerprint density at radius 1 is 1.50 bits per heavy atom. The smallest absolute Gasteiger partial charge is 0.0607 e. The molecule has 1 saturated heterocycles. The molecule has 0 saturated carbocycles. The molecule has 1 fully saturated rings. The lowest BCUT2D eigenvalue weighted by Crippen LogP contribution is -2.26. The molecule has 12 heavy (non-hydrogen) atoms. The second-order valence-electron chi connectivity index (χ2n) is 4.70. The molecule has 0 bridgehead atoms. The molecule has 0 radical (unpaired) electrons. The Bertz CT molecular complexity index is 143. The van der Waals surface area contributed by atoms with E-state index in [1.54, 1.807) is 0 Å². The first-order valence-electron chi connectivity index (χ1n) is 4.77. The number of rotatable bonds is 3. The third-order valence-electron chi connectivity index (χ3n) is 2.72. The summed E-state index contributed by atoms with van der Waals surface area (Å²) >= 11 is 0. The normalized spacial score (nSPS) is 31.0. The van der Waals surface area contributed by atoms with Crippen LogP contribution in [-0.4, -0.2) is 24.4 Å². The number of hydrogen-bond donors (Lipinski definition) is 1. The summed E-state index contributed by atoms with van der Waals surface area (Å²) in [5.74, 6) is 0.663. The first kappa shape index (κ1) is 10.0. The van der Waals surface area contributed by atoms with E-state index >= 15 is 0 Å². The van der Waals surface area contributed by atoms with Gasteiger partial charge in [-0.2, -0.15) is 0 Å². The van der Waals surface area contributed by atoms with Crippen molar-refractivity contribution in [2.24, 2.45) is 11.3 Å². The van der Waals surface area contributed by atoms with Crippen molar-refractivity contribution in [2.75, 3.05) is 13.2 Å². The van der Waals surface area contributed by atoms with Crippen molar-refractivity contribution in [2.45, 2.75) is 39.7 Å². The van der Waals surface area contributed by atoms with Gasteiger partial charge in [-0.3, -0.25) is 0 Å². The number of hydrogen-bond acceptors (Lipinski definition) is 2. The average molecular weight is 172 g/mol. The van der Waals surface area contributed by atoms with Crippen LogP contribution < -0.4 is 0 Å². The van der Waals surface area contributed by atoms with Crippen LogP contribution in [0.15, 0.2) is 0 Å². The summed E-state index contributed by atoms with van der Waals surface area (Å²) in [5, 5.41) is 9.09. The van der Waals surface area contributed by atoms with Gasteiger partial charge >= 0.3 is 0 Å². The molecular weight excluding hydrogens is 152 g/mol. The number of aliphatic hydroxyl groups is 1. The zero-order valence-corrected chi connectivity index (χ0v) is 8.34. The van der Waals surface area contributed by atoms with Crippen molar-refractivity contribution in [1.29, 1.82) is 0 Å². The Kier molecular flexibility index (Phi) is 3.13. The van der Waals surface area contributed by atoms with Crippen LogP contribution in [0.3, 0.4) is 0 Å². The van der Waals surface area contributed by atoms with Crippen LogP contribution >= 0.6 is 0 Å². The fourth-order valence-corrected chi connectivity index (χ4v) is 1.62. The van der Waals surface area contributed by atoms with Crippen molar-refractivity contribution >= 4 is 0 Å². The van der Waals surface area contributed by atoms with Gasteiger partial charge in [-0.15, -0.1) is 0 Å². The second-order valence-corrected chi connectivity index (χ2v) is 4.70. The molecule has 72 valence electrons. The third-order valence-corrected chi connectivity index (χ3v) is 2.72. The summed E-state index contributed by atoms with van der Waals surface area (Å²) in [6, 6.07) is 0. The summed E-state index contributed by atoms with van der Waals surface area (Å²) in [4.78, 5) is 0. The van der Waals surface area contributed by atoms with Crippen LogP contribution in [0, 0.1) is 11.3 Å². The molecule has 2 heteroatoms. The summed E-state index contributed by atoms with van der Waals surface area (Å²) in [6.45, 7) is 7.54. The van der Waals surface area contributed by atoms with Crippen LogP contribution in [0.1, 0.15) is 33.6 Å². The Morgan fingerprint density at radius 3 is 2.58 bits per heavy atom. The van der Waals surface area contributed by atoms with Crippen LogP contribution in [0.4, 0.5) is 0 Å². The van der Waals surface area contributed by atoms with Gasteiger partial charge in [0.1, 0.15) is 0 Å². The monoisotopic (exact) mass is 172 g/mol. The molecule has 0 aromatic heterocycles. The molecule has 0 aliphatic carbocycles. The van der Waals surface area contributed by atoms with E-state index in [1.165, 1.54) is 6.42 Å². The van der Waals surface area contributed by atoms with Gasteiger partial charge in [-0.05, 0) is 24.2 Å². The van der Waals surface area contributed by atoms with E-state index in [9.17, 15) is 0 Å². The Hall–Kier alpha value is -0.0800. The van der Waals surface area contributed by atoms with Gasteiger partial charge < -0.3 is 9.84 Å². The molecule has 0 aromatic carbocycles. The molecule has 1 aliphatic rings. The largest absolute Gasteiger partial charge is 0.396 e. The number of aliphatic hydroxyl groups excluding tert-OH is 1. The zero-order chi connectivity index (χ0) is 9.19. The molecule has 1 heterocycles. The van der Waals surface area contributed by atoms with Crippen molar-refractivity contribution in [1.82, 2.24) is 0 Å². The molecule has 1 aliphatic heterocycles. The fourth-order valence-electron chi connectivity index (χ4n) is 1.62. The fraction of sp³-hybridized carbons (Fsp3) is 1.00. The molecule has 0 spiro atoms. The highest BCUT2D eigenvalue weighted by molar-refractivity contribution is 4.79. The number of ether oxygens (including phenoxy) is 1. The van der Waals surface area contributed by atoms with Gasteiger partial charge in [0, 0.05) is 13.2 Å². The lowest BCUT2D eigenvalue weighted by molar-refractivity contribution is 0.0341. The van der Waals surface area contributed by atoms with Gasteiger partial charge in [0.2, 0.25) is 0 Å². The highest BCUT2D eigenvalue weighted by Gasteiger charge is 2.30. The van der Waals surface area contributed by atoms with E-state index in [2.05, 4.69) is 20.8 Å². The quantitative estimate of drug-likeness (QED) is 0.703. The van der Waals surface area contributed by atoms with Gasteiger partial charge in [-0.1, -0.05) is 20.8 Å². The van der Waals surface area contributed by atoms with Crippen molar-refractivity contribution < 1.29 is 9.84 Å². The third kappa shape index (κ3) is 2.46. The first-order valence-corrected chi connectivity index (χ1v) is 4.77. The van der Waals surface area contributed by atoms with Crippen LogP contribution in [0.2, 0.25) is 0 Å². The van der Waals surface area contributed by atoms with Crippen molar-refractivity contribution in [3.63, 3.8) is 0 Å². The van der Waals surface area contributed by atoms with Crippen LogP contribution in [0.5, 0.6) is 0 Å². The molecule has 1 rings (SSSR count). The van der Waals surface area contributed by atoms with E-state index in [-0.39, 0.29) is 12.0 Å². The maximum atomic E-state index is 9.09. The maximum Gasteiger partial charge on any atom is 0.0607 e. The summed E-state index contributed by atoms with van der Waals surface area (Å²) in [6.07, 6.45) is 2.52. The van der Waals surface area contributed by atoms with E-state index in [0.717, 1.165) is 13.0 Å². The summed E-state index contributed by atoms with van der Waals surface area (Å²) in [5.41, 5.74) is 0.0171. The van der Waals surface area contributed by atoms with Crippen molar-refractivity contribution in [3.8, 4) is 0 Å². The van der Waals surface area contributed by atoms with E-state index in [4.69, 9.17) is 9.84 Å².